The SMILES string of the molecule is O=C(O)c1cnc2nc(-c3cnn4ccccc34)[nH]c2c1. The summed E-state index contributed by atoms with van der Waals surface area (Å²) in [7, 11) is 0. The van der Waals surface area contributed by atoms with Crippen LogP contribution in [-0.2, 0) is 0 Å². The van der Waals surface area contributed by atoms with Gasteiger partial charge in [-0.3, -0.25) is 0 Å². The van der Waals surface area contributed by atoms with Gasteiger partial charge in [-0.25, -0.2) is 19.3 Å². The summed E-state index contributed by atoms with van der Waals surface area (Å²) in [6, 6.07) is 7.27. The number of hydrogen-bond donors (Lipinski definition) is 2. The number of carboxylic acids is 1. The highest BCUT2D eigenvalue weighted by Gasteiger charge is 2.13. The molecule has 0 unspecified atom stereocenters. The molecule has 0 aliphatic carbocycles. The van der Waals surface area contributed by atoms with E-state index in [-0.39, 0.29) is 5.56 Å². The Morgan fingerprint density at radius 2 is 2.19 bits per heavy atom. The summed E-state index contributed by atoms with van der Waals surface area (Å²) in [5.41, 5.74) is 2.93. The van der Waals surface area contributed by atoms with Crippen LogP contribution in [0.2, 0.25) is 0 Å². The molecule has 0 radical (unpaired) electrons. The summed E-state index contributed by atoms with van der Waals surface area (Å²) in [5, 5.41) is 13.2. The maximum absolute atomic E-state index is 11.0. The second kappa shape index (κ2) is 4.14. The molecule has 4 aromatic rings. The van der Waals surface area contributed by atoms with Crippen molar-refractivity contribution < 1.29 is 9.90 Å². The Labute approximate surface area is 117 Å². The number of aromatic amines is 1. The van der Waals surface area contributed by atoms with E-state index in [2.05, 4.69) is 20.1 Å². The number of carboxylic acid groups (broad SMARTS) is 1. The molecule has 0 amide bonds. The third-order valence-electron chi connectivity index (χ3n) is 3.27. The first-order valence-electron chi connectivity index (χ1n) is 6.24. The molecule has 7 nitrogen and oxygen atoms in total. The minimum absolute atomic E-state index is 0.123. The van der Waals surface area contributed by atoms with E-state index in [4.69, 9.17) is 5.11 Å². The summed E-state index contributed by atoms with van der Waals surface area (Å²) < 4.78 is 1.75. The largest absolute Gasteiger partial charge is 0.478 e. The zero-order valence-electron chi connectivity index (χ0n) is 10.7. The van der Waals surface area contributed by atoms with Gasteiger partial charge in [0, 0.05) is 12.4 Å². The molecule has 7 heteroatoms. The number of nitrogens with one attached hydrogen (secondary N) is 1. The van der Waals surface area contributed by atoms with Gasteiger partial charge in [0.25, 0.3) is 0 Å². The number of aromatic carboxylic acids is 1. The molecule has 0 aliphatic heterocycles. The Kier molecular flexibility index (Phi) is 2.28. The van der Waals surface area contributed by atoms with Crippen LogP contribution in [0.3, 0.4) is 0 Å². The summed E-state index contributed by atoms with van der Waals surface area (Å²) in [6.45, 7) is 0. The molecule has 0 atom stereocenters. The Morgan fingerprint density at radius 3 is 3.05 bits per heavy atom. The first-order chi connectivity index (χ1) is 10.2. The van der Waals surface area contributed by atoms with E-state index in [1.807, 2.05) is 24.4 Å². The van der Waals surface area contributed by atoms with Crippen LogP contribution in [0.1, 0.15) is 10.4 Å². The number of H-pyrrole nitrogens is 1. The summed E-state index contributed by atoms with van der Waals surface area (Å²) in [6.07, 6.45) is 4.86. The maximum atomic E-state index is 11.0. The number of rotatable bonds is 2. The maximum Gasteiger partial charge on any atom is 0.337 e. The molecule has 0 bridgehead atoms. The molecule has 102 valence electrons. The molecule has 0 aliphatic rings. The van der Waals surface area contributed by atoms with Gasteiger partial charge in [0.15, 0.2) is 5.65 Å². The molecule has 4 rings (SSSR count). The van der Waals surface area contributed by atoms with Crippen LogP contribution < -0.4 is 0 Å². The lowest BCUT2D eigenvalue weighted by Crippen LogP contribution is -1.96. The fourth-order valence-corrected chi connectivity index (χ4v) is 2.26. The van der Waals surface area contributed by atoms with Gasteiger partial charge in [-0.2, -0.15) is 5.10 Å². The van der Waals surface area contributed by atoms with Gasteiger partial charge in [0.1, 0.15) is 5.82 Å². The minimum Gasteiger partial charge on any atom is -0.478 e. The third-order valence-corrected chi connectivity index (χ3v) is 3.27. The van der Waals surface area contributed by atoms with E-state index in [9.17, 15) is 4.79 Å². The zero-order chi connectivity index (χ0) is 14.4. The van der Waals surface area contributed by atoms with Crippen molar-refractivity contribution in [3.8, 4) is 11.4 Å². The molecule has 4 aromatic heterocycles. The molecular formula is C14H9N5O2. The van der Waals surface area contributed by atoms with Crippen molar-refractivity contribution >= 4 is 22.6 Å². The van der Waals surface area contributed by atoms with Gasteiger partial charge in [-0.1, -0.05) is 6.07 Å². The van der Waals surface area contributed by atoms with Crippen LogP contribution in [0.4, 0.5) is 0 Å². The number of fused-ring (bicyclic) bond motifs is 2. The summed E-state index contributed by atoms with van der Waals surface area (Å²) >= 11 is 0. The van der Waals surface area contributed by atoms with Gasteiger partial charge in [-0.15, -0.1) is 0 Å². The Bertz CT molecular complexity index is 985. The standard InChI is InChI=1S/C14H9N5O2/c20-14(21)8-5-10-13(15-6-8)18-12(17-10)9-7-16-19-4-2-1-3-11(9)19/h1-7H,(H,20,21)(H,15,17,18). The van der Waals surface area contributed by atoms with Crippen LogP contribution in [0.15, 0.2) is 42.9 Å². The number of aromatic nitrogens is 5. The van der Waals surface area contributed by atoms with Crippen molar-refractivity contribution in [3.05, 3.63) is 48.4 Å². The van der Waals surface area contributed by atoms with Crippen LogP contribution >= 0.6 is 0 Å². The van der Waals surface area contributed by atoms with Gasteiger partial charge in [0.05, 0.1) is 28.4 Å². The van der Waals surface area contributed by atoms with Gasteiger partial charge in [-0.05, 0) is 18.2 Å². The predicted molar refractivity (Wildman–Crippen MR) is 75.0 cm³/mol. The predicted octanol–water partition coefficient (Wildman–Crippen LogP) is 1.97. The summed E-state index contributed by atoms with van der Waals surface area (Å²) in [4.78, 5) is 22.5. The Hall–Kier alpha value is -3.22. The van der Waals surface area contributed by atoms with E-state index in [0.717, 1.165) is 11.1 Å². The first kappa shape index (κ1) is 11.6. The van der Waals surface area contributed by atoms with Crippen LogP contribution in [0, 0.1) is 0 Å². The van der Waals surface area contributed by atoms with Gasteiger partial charge < -0.3 is 10.1 Å². The van der Waals surface area contributed by atoms with Gasteiger partial charge >= 0.3 is 5.97 Å². The molecule has 0 aromatic carbocycles. The van der Waals surface area contributed by atoms with Crippen molar-refractivity contribution in [3.63, 3.8) is 0 Å². The van der Waals surface area contributed by atoms with Crippen LogP contribution in [0.5, 0.6) is 0 Å². The second-order valence-corrected chi connectivity index (χ2v) is 4.57. The molecule has 0 fully saturated rings. The van der Waals surface area contributed by atoms with E-state index < -0.39 is 5.97 Å². The van der Waals surface area contributed by atoms with Crippen molar-refractivity contribution in [2.45, 2.75) is 0 Å². The number of pyridine rings is 2. The summed E-state index contributed by atoms with van der Waals surface area (Å²) in [5.74, 6) is -0.405. The smallest absolute Gasteiger partial charge is 0.337 e. The van der Waals surface area contributed by atoms with Crippen molar-refractivity contribution in [1.82, 2.24) is 24.6 Å². The molecule has 0 saturated carbocycles. The lowest BCUT2D eigenvalue weighted by molar-refractivity contribution is 0.0696. The lowest BCUT2D eigenvalue weighted by atomic mass is 10.2. The monoisotopic (exact) mass is 279 g/mol. The minimum atomic E-state index is -1.02. The van der Waals surface area contributed by atoms with E-state index in [0.29, 0.717) is 17.0 Å². The van der Waals surface area contributed by atoms with E-state index in [1.54, 1.807) is 10.7 Å². The fraction of sp³-hybridized carbons (Fsp3) is 0. The van der Waals surface area contributed by atoms with Crippen molar-refractivity contribution in [2.75, 3.05) is 0 Å². The molecular weight excluding hydrogens is 270 g/mol. The second-order valence-electron chi connectivity index (χ2n) is 4.57. The molecule has 0 spiro atoms. The average Bonchev–Trinajstić information content (AvgIpc) is 3.09. The fourth-order valence-electron chi connectivity index (χ4n) is 2.26. The highest BCUT2D eigenvalue weighted by molar-refractivity contribution is 5.91. The average molecular weight is 279 g/mol. The Morgan fingerprint density at radius 1 is 1.29 bits per heavy atom. The first-order valence-corrected chi connectivity index (χ1v) is 6.24. The quantitative estimate of drug-likeness (QED) is 0.584. The normalized spacial score (nSPS) is 11.2. The van der Waals surface area contributed by atoms with E-state index >= 15 is 0 Å². The number of imidazole rings is 1. The van der Waals surface area contributed by atoms with E-state index in [1.165, 1.54) is 12.3 Å². The number of carbonyl (C=O) groups is 1. The van der Waals surface area contributed by atoms with Crippen LogP contribution in [-0.4, -0.2) is 35.6 Å². The molecule has 4 heterocycles. The van der Waals surface area contributed by atoms with Crippen molar-refractivity contribution in [2.24, 2.45) is 0 Å². The Balaban J connectivity index is 1.92. The third kappa shape index (κ3) is 1.75. The molecule has 21 heavy (non-hydrogen) atoms. The molecule has 2 N–H and O–H groups in total. The lowest BCUT2D eigenvalue weighted by Gasteiger charge is -1.93. The van der Waals surface area contributed by atoms with Crippen molar-refractivity contribution in [1.29, 1.82) is 0 Å². The highest BCUT2D eigenvalue weighted by atomic mass is 16.4. The van der Waals surface area contributed by atoms with Gasteiger partial charge in [0.2, 0.25) is 0 Å². The topological polar surface area (TPSA) is 96.2 Å². The highest BCUT2D eigenvalue weighted by Crippen LogP contribution is 2.23. The zero-order valence-corrected chi connectivity index (χ0v) is 10.7. The van der Waals surface area contributed by atoms with Crippen LogP contribution in [0.25, 0.3) is 28.1 Å². The number of nitrogens with zero attached hydrogens (tertiary/aromatic N) is 4. The number of hydrogen-bond acceptors (Lipinski definition) is 4. The molecule has 0 saturated heterocycles.